The van der Waals surface area contributed by atoms with E-state index in [1.165, 1.54) is 0 Å². The van der Waals surface area contributed by atoms with Crippen LogP contribution in [0.2, 0.25) is 0 Å². The average molecular weight is 320 g/mol. The molecule has 0 aliphatic carbocycles. The Morgan fingerprint density at radius 2 is 1.90 bits per heavy atom. The zero-order chi connectivity index (χ0) is 15.4. The van der Waals surface area contributed by atoms with Crippen LogP contribution in [0.1, 0.15) is 42.1 Å². The van der Waals surface area contributed by atoms with E-state index < -0.39 is 29.8 Å². The molecule has 116 valence electrons. The summed E-state index contributed by atoms with van der Waals surface area (Å²) in [5.41, 5.74) is 0. The van der Waals surface area contributed by atoms with Crippen molar-refractivity contribution < 1.29 is 26.3 Å². The second-order valence-electron chi connectivity index (χ2n) is 4.23. The van der Waals surface area contributed by atoms with E-state index >= 15 is 0 Å². The molecule has 0 saturated carbocycles. The van der Waals surface area contributed by atoms with Crippen LogP contribution in [-0.4, -0.2) is 17.7 Å². The maximum Gasteiger partial charge on any atom is 0.443 e. The molecule has 0 aliphatic rings. The Morgan fingerprint density at radius 1 is 1.25 bits per heavy atom. The van der Waals surface area contributed by atoms with E-state index in [-0.39, 0.29) is 11.3 Å². The standard InChI is InChI=1S/C11H14F6N2S/c1-2-5-18-7(3-4-10(12,13)14)8-6-19-9(20-8)11(15,16)17/h6-7,18H,2-5H2,1H3. The summed E-state index contributed by atoms with van der Waals surface area (Å²) in [5.74, 6) is 0. The molecule has 1 atom stereocenters. The molecule has 20 heavy (non-hydrogen) atoms. The molecule has 2 nitrogen and oxygen atoms in total. The first-order valence-electron chi connectivity index (χ1n) is 5.96. The lowest BCUT2D eigenvalue weighted by Crippen LogP contribution is -2.23. The highest BCUT2D eigenvalue weighted by molar-refractivity contribution is 7.11. The van der Waals surface area contributed by atoms with Crippen molar-refractivity contribution in [2.45, 2.75) is 44.6 Å². The molecular formula is C11H14F6N2S. The van der Waals surface area contributed by atoms with E-state index in [2.05, 4.69) is 10.3 Å². The van der Waals surface area contributed by atoms with Crippen molar-refractivity contribution in [3.05, 3.63) is 16.1 Å². The van der Waals surface area contributed by atoms with Gasteiger partial charge < -0.3 is 5.32 Å². The van der Waals surface area contributed by atoms with Crippen LogP contribution in [0.3, 0.4) is 0 Å². The van der Waals surface area contributed by atoms with E-state index in [1.807, 2.05) is 6.92 Å². The summed E-state index contributed by atoms with van der Waals surface area (Å²) >= 11 is 0.383. The fourth-order valence-electron chi connectivity index (χ4n) is 1.55. The minimum Gasteiger partial charge on any atom is -0.309 e. The Bertz CT molecular complexity index is 412. The van der Waals surface area contributed by atoms with Crippen molar-refractivity contribution in [1.82, 2.24) is 10.3 Å². The molecule has 0 aromatic carbocycles. The third-order valence-electron chi connectivity index (χ3n) is 2.47. The number of hydrogen-bond donors (Lipinski definition) is 1. The second-order valence-corrected chi connectivity index (χ2v) is 5.29. The Balaban J connectivity index is 2.79. The van der Waals surface area contributed by atoms with Gasteiger partial charge in [0.05, 0.1) is 0 Å². The maximum atomic E-state index is 12.4. The Hall–Kier alpha value is -0.830. The normalized spacial score (nSPS) is 14.6. The lowest BCUT2D eigenvalue weighted by atomic mass is 10.1. The van der Waals surface area contributed by atoms with Gasteiger partial charge in [-0.05, 0) is 19.4 Å². The third kappa shape index (κ3) is 5.66. The number of nitrogens with one attached hydrogen (secondary N) is 1. The first-order chi connectivity index (χ1) is 9.13. The number of aromatic nitrogens is 1. The topological polar surface area (TPSA) is 24.9 Å². The van der Waals surface area contributed by atoms with Crippen molar-refractivity contribution in [3.8, 4) is 0 Å². The highest BCUT2D eigenvalue weighted by Gasteiger charge is 2.36. The number of alkyl halides is 6. The second kappa shape index (κ2) is 6.75. The summed E-state index contributed by atoms with van der Waals surface area (Å²) in [6.07, 6.45) is -8.58. The van der Waals surface area contributed by atoms with Gasteiger partial charge in [0, 0.05) is 23.5 Å². The molecule has 1 aromatic heterocycles. The van der Waals surface area contributed by atoms with Gasteiger partial charge in [0.1, 0.15) is 0 Å². The van der Waals surface area contributed by atoms with Crippen molar-refractivity contribution in [2.24, 2.45) is 0 Å². The van der Waals surface area contributed by atoms with Crippen LogP contribution in [0.5, 0.6) is 0 Å². The van der Waals surface area contributed by atoms with Crippen LogP contribution in [0, 0.1) is 0 Å². The van der Waals surface area contributed by atoms with Gasteiger partial charge >= 0.3 is 12.4 Å². The number of nitrogens with zero attached hydrogens (tertiary/aromatic N) is 1. The van der Waals surface area contributed by atoms with Crippen molar-refractivity contribution in [1.29, 1.82) is 0 Å². The van der Waals surface area contributed by atoms with Crippen LogP contribution in [0.25, 0.3) is 0 Å². The zero-order valence-electron chi connectivity index (χ0n) is 10.6. The van der Waals surface area contributed by atoms with Gasteiger partial charge in [0.2, 0.25) is 0 Å². The molecule has 0 bridgehead atoms. The fraction of sp³-hybridized carbons (Fsp3) is 0.727. The van der Waals surface area contributed by atoms with Gasteiger partial charge in [-0.3, -0.25) is 0 Å². The molecule has 1 N–H and O–H groups in total. The third-order valence-corrected chi connectivity index (χ3v) is 3.62. The lowest BCUT2D eigenvalue weighted by molar-refractivity contribution is -0.138. The van der Waals surface area contributed by atoms with E-state index in [0.717, 1.165) is 6.20 Å². The maximum absolute atomic E-state index is 12.4. The molecule has 0 amide bonds. The molecule has 0 radical (unpaired) electrons. The molecule has 0 fully saturated rings. The van der Waals surface area contributed by atoms with E-state index in [1.54, 1.807) is 0 Å². The van der Waals surface area contributed by atoms with Gasteiger partial charge in [0.15, 0.2) is 5.01 Å². The summed E-state index contributed by atoms with van der Waals surface area (Å²) in [6, 6.07) is -0.759. The first kappa shape index (κ1) is 17.2. The first-order valence-corrected chi connectivity index (χ1v) is 6.78. The van der Waals surface area contributed by atoms with Crippen LogP contribution < -0.4 is 5.32 Å². The number of hydrogen-bond acceptors (Lipinski definition) is 3. The van der Waals surface area contributed by atoms with Crippen molar-refractivity contribution in [3.63, 3.8) is 0 Å². The van der Waals surface area contributed by atoms with Gasteiger partial charge in [-0.2, -0.15) is 26.3 Å². The summed E-state index contributed by atoms with van der Waals surface area (Å²) in [5, 5.41) is 1.79. The molecule has 0 aliphatic heterocycles. The number of thiazole rings is 1. The number of halogens is 6. The average Bonchev–Trinajstić information content (AvgIpc) is 2.76. The van der Waals surface area contributed by atoms with Crippen LogP contribution >= 0.6 is 11.3 Å². The van der Waals surface area contributed by atoms with Gasteiger partial charge in [-0.1, -0.05) is 6.92 Å². The summed E-state index contributed by atoms with van der Waals surface area (Å²) in [7, 11) is 0. The molecule has 1 unspecified atom stereocenters. The van der Waals surface area contributed by atoms with E-state index in [9.17, 15) is 26.3 Å². The predicted molar refractivity (Wildman–Crippen MR) is 63.4 cm³/mol. The number of rotatable bonds is 6. The quantitative estimate of drug-likeness (QED) is 0.778. The molecule has 1 heterocycles. The summed E-state index contributed by atoms with van der Waals surface area (Å²) < 4.78 is 74.0. The zero-order valence-corrected chi connectivity index (χ0v) is 11.4. The summed E-state index contributed by atoms with van der Waals surface area (Å²) in [4.78, 5) is 3.41. The van der Waals surface area contributed by atoms with Gasteiger partial charge in [-0.15, -0.1) is 11.3 Å². The van der Waals surface area contributed by atoms with Crippen LogP contribution in [0.4, 0.5) is 26.3 Å². The lowest BCUT2D eigenvalue weighted by Gasteiger charge is -2.17. The molecule has 1 aromatic rings. The highest BCUT2D eigenvalue weighted by Crippen LogP contribution is 2.36. The Labute approximate surface area is 116 Å². The Kier molecular flexibility index (Phi) is 5.81. The van der Waals surface area contributed by atoms with E-state index in [0.29, 0.717) is 24.3 Å². The molecule has 0 spiro atoms. The largest absolute Gasteiger partial charge is 0.443 e. The molecule has 9 heteroatoms. The SMILES string of the molecule is CCCNC(CCC(F)(F)F)c1cnc(C(F)(F)F)s1. The van der Waals surface area contributed by atoms with E-state index in [4.69, 9.17) is 0 Å². The molecular weight excluding hydrogens is 306 g/mol. The monoisotopic (exact) mass is 320 g/mol. The highest BCUT2D eigenvalue weighted by atomic mass is 32.1. The van der Waals surface area contributed by atoms with Gasteiger partial charge in [0.25, 0.3) is 0 Å². The fourth-order valence-corrected chi connectivity index (χ4v) is 2.44. The molecule has 1 rings (SSSR count). The molecule has 0 saturated heterocycles. The van der Waals surface area contributed by atoms with Crippen molar-refractivity contribution in [2.75, 3.05) is 6.54 Å². The minimum absolute atomic E-state index is 0.176. The Morgan fingerprint density at radius 3 is 2.35 bits per heavy atom. The minimum atomic E-state index is -4.57. The smallest absolute Gasteiger partial charge is 0.309 e. The van der Waals surface area contributed by atoms with Crippen LogP contribution in [-0.2, 0) is 6.18 Å². The van der Waals surface area contributed by atoms with Gasteiger partial charge in [-0.25, -0.2) is 4.98 Å². The predicted octanol–water partition coefficient (Wildman–Crippen LogP) is 4.55. The van der Waals surface area contributed by atoms with Crippen LogP contribution in [0.15, 0.2) is 6.20 Å². The summed E-state index contributed by atoms with van der Waals surface area (Å²) in [6.45, 7) is 2.25. The van der Waals surface area contributed by atoms with Crippen molar-refractivity contribution >= 4 is 11.3 Å².